The smallest absolute Gasteiger partial charge is 0.222 e. The predicted octanol–water partition coefficient (Wildman–Crippen LogP) is 1.25. The predicted molar refractivity (Wildman–Crippen MR) is 59.3 cm³/mol. The standard InChI is InChI=1S/C10H18BrNO2/c1-10(2,7-13)6-12-5-8(4-11)3-9(12)14/h8,13H,3-7H2,1-2H3. The molecule has 0 radical (unpaired) electrons. The molecule has 0 aromatic heterocycles. The van der Waals surface area contributed by atoms with Gasteiger partial charge in [-0.1, -0.05) is 29.8 Å². The van der Waals surface area contributed by atoms with Crippen LogP contribution < -0.4 is 0 Å². The lowest BCUT2D eigenvalue weighted by Crippen LogP contribution is -2.37. The van der Waals surface area contributed by atoms with Crippen LogP contribution in [0.2, 0.25) is 0 Å². The summed E-state index contributed by atoms with van der Waals surface area (Å²) in [7, 11) is 0. The number of carbonyl (C=O) groups is 1. The zero-order valence-electron chi connectivity index (χ0n) is 8.79. The average molecular weight is 264 g/mol. The second kappa shape index (κ2) is 4.62. The van der Waals surface area contributed by atoms with E-state index < -0.39 is 0 Å². The largest absolute Gasteiger partial charge is 0.396 e. The Morgan fingerprint density at radius 2 is 2.29 bits per heavy atom. The molecular formula is C10H18BrNO2. The zero-order valence-corrected chi connectivity index (χ0v) is 10.4. The maximum atomic E-state index is 11.6. The summed E-state index contributed by atoms with van der Waals surface area (Å²) in [6.07, 6.45) is 0.646. The Kier molecular flexibility index (Phi) is 3.95. The van der Waals surface area contributed by atoms with Gasteiger partial charge < -0.3 is 10.0 Å². The first kappa shape index (κ1) is 12.0. The molecular weight excluding hydrogens is 246 g/mol. The normalized spacial score (nSPS) is 23.3. The summed E-state index contributed by atoms with van der Waals surface area (Å²) in [4.78, 5) is 13.4. The van der Waals surface area contributed by atoms with Gasteiger partial charge >= 0.3 is 0 Å². The molecule has 1 atom stereocenters. The van der Waals surface area contributed by atoms with Gasteiger partial charge in [-0.3, -0.25) is 4.79 Å². The van der Waals surface area contributed by atoms with Gasteiger partial charge in [-0.15, -0.1) is 0 Å². The minimum Gasteiger partial charge on any atom is -0.396 e. The van der Waals surface area contributed by atoms with Crippen LogP contribution >= 0.6 is 15.9 Å². The number of aliphatic hydroxyl groups excluding tert-OH is 1. The fraction of sp³-hybridized carbons (Fsp3) is 0.900. The van der Waals surface area contributed by atoms with Crippen molar-refractivity contribution in [2.24, 2.45) is 11.3 Å². The first-order valence-electron chi connectivity index (χ1n) is 4.93. The highest BCUT2D eigenvalue weighted by molar-refractivity contribution is 9.09. The molecule has 1 amide bonds. The molecule has 1 heterocycles. The lowest BCUT2D eigenvalue weighted by molar-refractivity contribution is -0.129. The number of rotatable bonds is 4. The number of nitrogens with zero attached hydrogens (tertiary/aromatic N) is 1. The van der Waals surface area contributed by atoms with Gasteiger partial charge in [-0.05, 0) is 5.92 Å². The van der Waals surface area contributed by atoms with E-state index in [0.29, 0.717) is 18.9 Å². The molecule has 0 bridgehead atoms. The number of halogens is 1. The number of likely N-dealkylation sites (tertiary alicyclic amines) is 1. The van der Waals surface area contributed by atoms with Gasteiger partial charge in [-0.25, -0.2) is 0 Å². The molecule has 1 rings (SSSR count). The summed E-state index contributed by atoms with van der Waals surface area (Å²) in [6, 6.07) is 0. The van der Waals surface area contributed by atoms with Crippen LogP contribution in [-0.2, 0) is 4.79 Å². The van der Waals surface area contributed by atoms with Crippen molar-refractivity contribution in [3.05, 3.63) is 0 Å². The summed E-state index contributed by atoms with van der Waals surface area (Å²) in [5.74, 6) is 0.660. The fourth-order valence-electron chi connectivity index (χ4n) is 1.68. The van der Waals surface area contributed by atoms with Crippen molar-refractivity contribution in [2.75, 3.05) is 25.0 Å². The Morgan fingerprint density at radius 1 is 1.64 bits per heavy atom. The van der Waals surface area contributed by atoms with Crippen molar-refractivity contribution in [2.45, 2.75) is 20.3 Å². The molecule has 82 valence electrons. The molecule has 1 N–H and O–H groups in total. The van der Waals surface area contributed by atoms with Gasteiger partial charge in [0.25, 0.3) is 0 Å². The Labute approximate surface area is 93.6 Å². The Balaban J connectivity index is 2.50. The monoisotopic (exact) mass is 263 g/mol. The Hall–Kier alpha value is -0.0900. The van der Waals surface area contributed by atoms with Gasteiger partial charge in [0, 0.05) is 36.9 Å². The quantitative estimate of drug-likeness (QED) is 0.776. The first-order valence-corrected chi connectivity index (χ1v) is 6.05. The molecule has 3 nitrogen and oxygen atoms in total. The third kappa shape index (κ3) is 2.95. The second-order valence-electron chi connectivity index (χ2n) is 4.82. The molecule has 1 unspecified atom stereocenters. The van der Waals surface area contributed by atoms with Gasteiger partial charge in [0.05, 0.1) is 0 Å². The number of carbonyl (C=O) groups excluding carboxylic acids is 1. The van der Waals surface area contributed by atoms with Crippen LogP contribution in [0, 0.1) is 11.3 Å². The highest BCUT2D eigenvalue weighted by Crippen LogP contribution is 2.24. The fourth-order valence-corrected chi connectivity index (χ4v) is 2.11. The highest BCUT2D eigenvalue weighted by Gasteiger charge is 2.32. The number of hydrogen-bond donors (Lipinski definition) is 1. The summed E-state index contributed by atoms with van der Waals surface area (Å²) >= 11 is 3.40. The second-order valence-corrected chi connectivity index (χ2v) is 5.47. The summed E-state index contributed by atoms with van der Waals surface area (Å²) in [5, 5.41) is 10.0. The van der Waals surface area contributed by atoms with E-state index in [1.807, 2.05) is 18.7 Å². The maximum absolute atomic E-state index is 11.6. The van der Waals surface area contributed by atoms with Gasteiger partial charge in [0.1, 0.15) is 0 Å². The topological polar surface area (TPSA) is 40.5 Å². The lowest BCUT2D eigenvalue weighted by Gasteiger charge is -2.28. The lowest BCUT2D eigenvalue weighted by atomic mass is 9.94. The van der Waals surface area contributed by atoms with E-state index in [0.717, 1.165) is 11.9 Å². The summed E-state index contributed by atoms with van der Waals surface area (Å²) in [5.41, 5.74) is -0.184. The van der Waals surface area contributed by atoms with Crippen molar-refractivity contribution in [3.8, 4) is 0 Å². The molecule has 0 aromatic carbocycles. The van der Waals surface area contributed by atoms with E-state index in [1.165, 1.54) is 0 Å². The molecule has 0 saturated carbocycles. The van der Waals surface area contributed by atoms with E-state index in [2.05, 4.69) is 15.9 Å². The van der Waals surface area contributed by atoms with E-state index in [4.69, 9.17) is 5.11 Å². The van der Waals surface area contributed by atoms with Crippen LogP contribution in [0.25, 0.3) is 0 Å². The molecule has 1 saturated heterocycles. The highest BCUT2D eigenvalue weighted by atomic mass is 79.9. The minimum absolute atomic E-state index is 0.121. The number of aliphatic hydroxyl groups is 1. The van der Waals surface area contributed by atoms with Gasteiger partial charge in [-0.2, -0.15) is 0 Å². The molecule has 1 aliphatic heterocycles. The van der Waals surface area contributed by atoms with Crippen LogP contribution in [0.3, 0.4) is 0 Å². The summed E-state index contributed by atoms with van der Waals surface area (Å²) in [6.45, 7) is 5.55. The molecule has 0 aliphatic carbocycles. The van der Waals surface area contributed by atoms with Gasteiger partial charge in [0.15, 0.2) is 0 Å². The third-order valence-corrected chi connectivity index (χ3v) is 3.48. The molecule has 1 fully saturated rings. The van der Waals surface area contributed by atoms with Crippen molar-refractivity contribution < 1.29 is 9.90 Å². The zero-order chi connectivity index (χ0) is 10.8. The average Bonchev–Trinajstić information content (AvgIpc) is 2.47. The molecule has 1 aliphatic rings. The van der Waals surface area contributed by atoms with Crippen LogP contribution in [0.1, 0.15) is 20.3 Å². The van der Waals surface area contributed by atoms with Crippen LogP contribution in [0.15, 0.2) is 0 Å². The summed E-state index contributed by atoms with van der Waals surface area (Å²) < 4.78 is 0. The van der Waals surface area contributed by atoms with E-state index >= 15 is 0 Å². The SMILES string of the molecule is CC(C)(CO)CN1CC(CBr)CC1=O. The molecule has 0 spiro atoms. The van der Waals surface area contributed by atoms with E-state index in [1.54, 1.807) is 0 Å². The number of amides is 1. The van der Waals surface area contributed by atoms with Crippen molar-refractivity contribution in [3.63, 3.8) is 0 Å². The van der Waals surface area contributed by atoms with Crippen molar-refractivity contribution >= 4 is 21.8 Å². The van der Waals surface area contributed by atoms with Gasteiger partial charge in [0.2, 0.25) is 5.91 Å². The number of alkyl halides is 1. The Morgan fingerprint density at radius 3 is 2.71 bits per heavy atom. The molecule has 4 heteroatoms. The van der Waals surface area contributed by atoms with Crippen molar-refractivity contribution in [1.82, 2.24) is 4.90 Å². The van der Waals surface area contributed by atoms with E-state index in [-0.39, 0.29) is 17.9 Å². The Bertz CT molecular complexity index is 218. The van der Waals surface area contributed by atoms with Crippen LogP contribution in [-0.4, -0.2) is 40.9 Å². The maximum Gasteiger partial charge on any atom is 0.222 e. The molecule has 0 aromatic rings. The van der Waals surface area contributed by atoms with Crippen molar-refractivity contribution in [1.29, 1.82) is 0 Å². The van der Waals surface area contributed by atoms with E-state index in [9.17, 15) is 4.79 Å². The molecule has 14 heavy (non-hydrogen) atoms. The first-order chi connectivity index (χ1) is 6.48. The minimum atomic E-state index is -0.184. The number of hydrogen-bond acceptors (Lipinski definition) is 2. The van der Waals surface area contributed by atoms with Crippen LogP contribution in [0.5, 0.6) is 0 Å². The van der Waals surface area contributed by atoms with Crippen LogP contribution in [0.4, 0.5) is 0 Å². The third-order valence-electron chi connectivity index (χ3n) is 2.56.